The molecule has 3 nitrogen and oxygen atoms in total. The van der Waals surface area contributed by atoms with Crippen LogP contribution in [-0.4, -0.2) is 44.7 Å². The van der Waals surface area contributed by atoms with E-state index in [1.54, 1.807) is 7.11 Å². The zero-order valence-electron chi connectivity index (χ0n) is 13.5. The van der Waals surface area contributed by atoms with Crippen molar-refractivity contribution in [2.75, 3.05) is 33.8 Å². The first kappa shape index (κ1) is 17.0. The number of ether oxygens (including phenoxy) is 1. The van der Waals surface area contributed by atoms with Gasteiger partial charge in [0.05, 0.1) is 7.11 Å². The van der Waals surface area contributed by atoms with E-state index in [-0.39, 0.29) is 0 Å². The molecule has 0 saturated heterocycles. The number of benzene rings is 1. The Balaban J connectivity index is 2.35. The Bertz CT molecular complexity index is 368. The number of hydrogen-bond donors (Lipinski definition) is 1. The normalized spacial score (nSPS) is 12.7. The topological polar surface area (TPSA) is 24.5 Å². The second-order valence-corrected chi connectivity index (χ2v) is 5.45. The summed E-state index contributed by atoms with van der Waals surface area (Å²) >= 11 is 0. The van der Waals surface area contributed by atoms with Gasteiger partial charge in [0.2, 0.25) is 0 Å². The summed E-state index contributed by atoms with van der Waals surface area (Å²) in [5, 5.41) is 3.45. The predicted molar refractivity (Wildman–Crippen MR) is 86.6 cm³/mol. The number of methoxy groups -OCH3 is 1. The third kappa shape index (κ3) is 5.93. The average Bonchev–Trinajstić information content (AvgIpc) is 2.47. The molecule has 1 rings (SSSR count). The van der Waals surface area contributed by atoms with E-state index in [1.165, 1.54) is 18.4 Å². The predicted octanol–water partition coefficient (Wildman–Crippen LogP) is 2.95. The van der Waals surface area contributed by atoms with Gasteiger partial charge < -0.3 is 15.0 Å². The number of nitrogens with zero attached hydrogens (tertiary/aromatic N) is 1. The van der Waals surface area contributed by atoms with E-state index in [2.05, 4.69) is 43.2 Å². The molecule has 0 aliphatic carbocycles. The van der Waals surface area contributed by atoms with Crippen molar-refractivity contribution in [1.82, 2.24) is 10.2 Å². The largest absolute Gasteiger partial charge is 0.496 e. The lowest BCUT2D eigenvalue weighted by Crippen LogP contribution is -2.33. The van der Waals surface area contributed by atoms with Crippen LogP contribution in [0, 0.1) is 0 Å². The van der Waals surface area contributed by atoms with E-state index in [4.69, 9.17) is 4.74 Å². The third-order valence-electron chi connectivity index (χ3n) is 3.75. The fourth-order valence-electron chi connectivity index (χ4n) is 2.32. The lowest BCUT2D eigenvalue weighted by atomic mass is 10.0. The van der Waals surface area contributed by atoms with Gasteiger partial charge in [0.15, 0.2) is 0 Å². The van der Waals surface area contributed by atoms with Gasteiger partial charge in [0, 0.05) is 6.04 Å². The monoisotopic (exact) mass is 278 g/mol. The highest BCUT2D eigenvalue weighted by molar-refractivity contribution is 5.33. The molecule has 1 unspecified atom stereocenters. The van der Waals surface area contributed by atoms with E-state index in [0.717, 1.165) is 31.8 Å². The molecule has 0 aromatic heterocycles. The maximum Gasteiger partial charge on any atom is 0.122 e. The van der Waals surface area contributed by atoms with Crippen LogP contribution in [0.3, 0.4) is 0 Å². The van der Waals surface area contributed by atoms with Crippen LogP contribution in [0.25, 0.3) is 0 Å². The number of rotatable bonds is 10. The van der Waals surface area contributed by atoms with Crippen molar-refractivity contribution >= 4 is 0 Å². The quantitative estimate of drug-likeness (QED) is 0.666. The van der Waals surface area contributed by atoms with Crippen LogP contribution in [0.4, 0.5) is 0 Å². The Hall–Kier alpha value is -1.06. The highest BCUT2D eigenvalue weighted by Crippen LogP contribution is 2.20. The average molecular weight is 278 g/mol. The van der Waals surface area contributed by atoms with Crippen LogP contribution in [0.1, 0.15) is 32.3 Å². The molecule has 1 aromatic rings. The van der Waals surface area contributed by atoms with Crippen molar-refractivity contribution in [3.05, 3.63) is 29.8 Å². The Morgan fingerprint density at radius 1 is 1.25 bits per heavy atom. The van der Waals surface area contributed by atoms with Crippen molar-refractivity contribution in [3.63, 3.8) is 0 Å². The number of likely N-dealkylation sites (N-methyl/N-ethyl adjacent to an activating group) is 1. The molecule has 1 atom stereocenters. The fraction of sp³-hybridized carbons (Fsp3) is 0.647. The molecular formula is C17H30N2O. The molecule has 3 heteroatoms. The molecular weight excluding hydrogens is 248 g/mol. The molecule has 20 heavy (non-hydrogen) atoms. The molecule has 0 amide bonds. The molecule has 0 aliphatic heterocycles. The summed E-state index contributed by atoms with van der Waals surface area (Å²) in [7, 11) is 3.95. The summed E-state index contributed by atoms with van der Waals surface area (Å²) in [6.45, 7) is 7.85. The van der Waals surface area contributed by atoms with E-state index < -0.39 is 0 Å². The second kappa shape index (κ2) is 9.78. The minimum Gasteiger partial charge on any atom is -0.496 e. The smallest absolute Gasteiger partial charge is 0.122 e. The third-order valence-corrected chi connectivity index (χ3v) is 3.75. The van der Waals surface area contributed by atoms with Gasteiger partial charge in [0.25, 0.3) is 0 Å². The van der Waals surface area contributed by atoms with Gasteiger partial charge in [-0.25, -0.2) is 0 Å². The number of hydrogen-bond acceptors (Lipinski definition) is 3. The summed E-state index contributed by atoms with van der Waals surface area (Å²) in [5.74, 6) is 0.998. The van der Waals surface area contributed by atoms with Gasteiger partial charge in [0.1, 0.15) is 5.75 Å². The molecule has 0 saturated carbocycles. The van der Waals surface area contributed by atoms with Crippen LogP contribution in [-0.2, 0) is 6.42 Å². The van der Waals surface area contributed by atoms with Crippen LogP contribution in [0.2, 0.25) is 0 Å². The first-order valence-electron chi connectivity index (χ1n) is 7.71. The molecule has 0 spiro atoms. The van der Waals surface area contributed by atoms with Crippen molar-refractivity contribution in [3.8, 4) is 5.75 Å². The van der Waals surface area contributed by atoms with Crippen LogP contribution >= 0.6 is 0 Å². The van der Waals surface area contributed by atoms with Gasteiger partial charge in [-0.15, -0.1) is 0 Å². The SMILES string of the molecule is CCCNCCCN(C)C(C)Cc1ccccc1OC. The molecule has 0 radical (unpaired) electrons. The Kier molecular flexibility index (Phi) is 8.31. The van der Waals surface area contributed by atoms with Crippen LogP contribution < -0.4 is 10.1 Å². The lowest BCUT2D eigenvalue weighted by molar-refractivity contribution is 0.250. The van der Waals surface area contributed by atoms with Gasteiger partial charge in [-0.05, 0) is 64.5 Å². The summed E-state index contributed by atoms with van der Waals surface area (Å²) < 4.78 is 5.42. The van der Waals surface area contributed by atoms with Crippen molar-refractivity contribution < 1.29 is 4.74 Å². The van der Waals surface area contributed by atoms with E-state index in [9.17, 15) is 0 Å². The zero-order chi connectivity index (χ0) is 14.8. The lowest BCUT2D eigenvalue weighted by Gasteiger charge is -2.25. The van der Waals surface area contributed by atoms with E-state index in [0.29, 0.717) is 6.04 Å². The van der Waals surface area contributed by atoms with Gasteiger partial charge in [-0.2, -0.15) is 0 Å². The van der Waals surface area contributed by atoms with Gasteiger partial charge >= 0.3 is 0 Å². The van der Waals surface area contributed by atoms with E-state index >= 15 is 0 Å². The molecule has 0 heterocycles. The fourth-order valence-corrected chi connectivity index (χ4v) is 2.32. The molecule has 1 aromatic carbocycles. The molecule has 0 aliphatic rings. The van der Waals surface area contributed by atoms with Crippen molar-refractivity contribution in [2.45, 2.75) is 39.2 Å². The first-order valence-corrected chi connectivity index (χ1v) is 7.71. The summed E-state index contributed by atoms with van der Waals surface area (Å²) in [4.78, 5) is 2.43. The van der Waals surface area contributed by atoms with Crippen LogP contribution in [0.5, 0.6) is 5.75 Å². The molecule has 1 N–H and O–H groups in total. The van der Waals surface area contributed by atoms with Crippen molar-refractivity contribution in [1.29, 1.82) is 0 Å². The Morgan fingerprint density at radius 3 is 2.70 bits per heavy atom. The standard InChI is InChI=1S/C17H30N2O/c1-5-11-18-12-8-13-19(3)15(2)14-16-9-6-7-10-17(16)20-4/h6-7,9-10,15,18H,5,8,11-14H2,1-4H3. The second-order valence-electron chi connectivity index (χ2n) is 5.45. The Labute approximate surface area is 124 Å². The van der Waals surface area contributed by atoms with Crippen LogP contribution in [0.15, 0.2) is 24.3 Å². The number of para-hydroxylation sites is 1. The maximum absolute atomic E-state index is 5.42. The minimum atomic E-state index is 0.525. The molecule has 114 valence electrons. The molecule has 0 fully saturated rings. The van der Waals surface area contributed by atoms with Gasteiger partial charge in [-0.1, -0.05) is 25.1 Å². The summed E-state index contributed by atoms with van der Waals surface area (Å²) in [6, 6.07) is 8.83. The van der Waals surface area contributed by atoms with Crippen molar-refractivity contribution in [2.24, 2.45) is 0 Å². The Morgan fingerprint density at radius 2 is 2.00 bits per heavy atom. The highest BCUT2D eigenvalue weighted by atomic mass is 16.5. The van der Waals surface area contributed by atoms with E-state index in [1.807, 2.05) is 12.1 Å². The minimum absolute atomic E-state index is 0.525. The van der Waals surface area contributed by atoms with Gasteiger partial charge in [-0.3, -0.25) is 0 Å². The highest BCUT2D eigenvalue weighted by Gasteiger charge is 2.12. The first-order chi connectivity index (χ1) is 9.69. The molecule has 0 bridgehead atoms. The summed E-state index contributed by atoms with van der Waals surface area (Å²) in [6.07, 6.45) is 3.44. The number of nitrogens with one attached hydrogen (secondary N) is 1. The maximum atomic E-state index is 5.42. The zero-order valence-corrected chi connectivity index (χ0v) is 13.5. The summed E-state index contributed by atoms with van der Waals surface area (Å²) in [5.41, 5.74) is 1.29.